The Morgan fingerprint density at radius 3 is 2.65 bits per heavy atom. The lowest BCUT2D eigenvalue weighted by Crippen LogP contribution is -2.03. The van der Waals surface area contributed by atoms with Crippen LogP contribution in [0.15, 0.2) is 36.5 Å². The van der Waals surface area contributed by atoms with Crippen molar-refractivity contribution in [3.8, 4) is 11.3 Å². The molecule has 0 fully saturated rings. The zero-order valence-electron chi connectivity index (χ0n) is 10.1. The lowest BCUT2D eigenvalue weighted by Gasteiger charge is -2.08. The quantitative estimate of drug-likeness (QED) is 0.872. The van der Waals surface area contributed by atoms with Crippen molar-refractivity contribution in [1.82, 2.24) is 9.97 Å². The molecule has 0 atom stereocenters. The minimum Gasteiger partial charge on any atom is -0.330 e. The van der Waals surface area contributed by atoms with Gasteiger partial charge in [0.25, 0.3) is 0 Å². The summed E-state index contributed by atoms with van der Waals surface area (Å²) in [4.78, 5) is 8.81. The average molecular weight is 227 g/mol. The molecule has 1 heterocycles. The van der Waals surface area contributed by atoms with Gasteiger partial charge in [-0.25, -0.2) is 9.97 Å². The first-order valence-electron chi connectivity index (χ1n) is 5.89. The second-order valence-electron chi connectivity index (χ2n) is 4.05. The molecule has 17 heavy (non-hydrogen) atoms. The second kappa shape index (κ2) is 5.55. The molecule has 0 amide bonds. The third kappa shape index (κ3) is 2.88. The number of hydrogen-bond donors (Lipinski definition) is 1. The molecule has 1 aromatic heterocycles. The Hall–Kier alpha value is -1.74. The van der Waals surface area contributed by atoms with Crippen LogP contribution in [0.3, 0.4) is 0 Å². The highest BCUT2D eigenvalue weighted by atomic mass is 14.9. The van der Waals surface area contributed by atoms with Crippen molar-refractivity contribution in [1.29, 1.82) is 0 Å². The van der Waals surface area contributed by atoms with Gasteiger partial charge in [0.1, 0.15) is 5.82 Å². The van der Waals surface area contributed by atoms with Crippen LogP contribution in [0.5, 0.6) is 0 Å². The second-order valence-corrected chi connectivity index (χ2v) is 4.05. The summed E-state index contributed by atoms with van der Waals surface area (Å²) in [5.74, 6) is 0.806. The van der Waals surface area contributed by atoms with Gasteiger partial charge in [0.05, 0.1) is 5.69 Å². The summed E-state index contributed by atoms with van der Waals surface area (Å²) in [5.41, 5.74) is 8.90. The fourth-order valence-corrected chi connectivity index (χ4v) is 1.82. The van der Waals surface area contributed by atoms with Crippen molar-refractivity contribution < 1.29 is 0 Å². The van der Waals surface area contributed by atoms with Crippen LogP contribution in [-0.2, 0) is 6.42 Å². The maximum absolute atomic E-state index is 5.55. The Labute approximate surface area is 102 Å². The number of benzene rings is 1. The van der Waals surface area contributed by atoms with E-state index in [1.54, 1.807) is 0 Å². The third-order valence-corrected chi connectivity index (χ3v) is 2.68. The zero-order chi connectivity index (χ0) is 12.1. The molecule has 2 rings (SSSR count). The molecule has 3 heteroatoms. The molecule has 1 aromatic carbocycles. The molecule has 0 saturated heterocycles. The highest BCUT2D eigenvalue weighted by Crippen LogP contribution is 2.21. The predicted octanol–water partition coefficient (Wildman–Crippen LogP) is 2.34. The molecule has 0 aliphatic carbocycles. The molecule has 0 unspecified atom stereocenters. The van der Waals surface area contributed by atoms with Gasteiger partial charge in [-0.1, -0.05) is 30.3 Å². The van der Waals surface area contributed by atoms with E-state index >= 15 is 0 Å². The van der Waals surface area contributed by atoms with Crippen molar-refractivity contribution in [2.24, 2.45) is 5.73 Å². The van der Waals surface area contributed by atoms with Gasteiger partial charge in [0, 0.05) is 11.8 Å². The van der Waals surface area contributed by atoms with Crippen LogP contribution in [-0.4, -0.2) is 16.5 Å². The molecule has 3 nitrogen and oxygen atoms in total. The van der Waals surface area contributed by atoms with E-state index in [1.807, 2.05) is 31.3 Å². The molecule has 2 N–H and O–H groups in total. The summed E-state index contributed by atoms with van der Waals surface area (Å²) in [6.07, 6.45) is 3.81. The fraction of sp³-hybridized carbons (Fsp3) is 0.286. The van der Waals surface area contributed by atoms with Crippen LogP contribution in [0.1, 0.15) is 17.8 Å². The maximum atomic E-state index is 5.55. The zero-order valence-corrected chi connectivity index (χ0v) is 10.1. The van der Waals surface area contributed by atoms with E-state index in [2.05, 4.69) is 22.1 Å². The lowest BCUT2D eigenvalue weighted by molar-refractivity contribution is 0.821. The first-order valence-corrected chi connectivity index (χ1v) is 5.89. The standard InChI is InChI=1S/C14H17N3/c1-11-16-10-13(8-5-9-15)14(17-11)12-6-3-2-4-7-12/h2-4,6-7,10H,5,8-9,15H2,1H3. The summed E-state index contributed by atoms with van der Waals surface area (Å²) < 4.78 is 0. The topological polar surface area (TPSA) is 51.8 Å². The van der Waals surface area contributed by atoms with Crippen LogP contribution in [0.25, 0.3) is 11.3 Å². The Morgan fingerprint density at radius 1 is 1.18 bits per heavy atom. The monoisotopic (exact) mass is 227 g/mol. The number of nitrogens with two attached hydrogens (primary N) is 1. The SMILES string of the molecule is Cc1ncc(CCCN)c(-c2ccccc2)n1. The number of rotatable bonds is 4. The molecule has 0 radical (unpaired) electrons. The van der Waals surface area contributed by atoms with Gasteiger partial charge >= 0.3 is 0 Å². The molecule has 0 saturated carbocycles. The molecule has 0 aliphatic heterocycles. The van der Waals surface area contributed by atoms with Crippen LogP contribution < -0.4 is 5.73 Å². The van der Waals surface area contributed by atoms with Crippen LogP contribution in [0, 0.1) is 6.92 Å². The van der Waals surface area contributed by atoms with Crippen molar-refractivity contribution in [2.75, 3.05) is 6.54 Å². The van der Waals surface area contributed by atoms with E-state index < -0.39 is 0 Å². The van der Waals surface area contributed by atoms with Crippen molar-refractivity contribution in [2.45, 2.75) is 19.8 Å². The van der Waals surface area contributed by atoms with Crippen LogP contribution in [0.4, 0.5) is 0 Å². The Balaban J connectivity index is 2.40. The summed E-state index contributed by atoms with van der Waals surface area (Å²) in [5, 5.41) is 0. The van der Waals surface area contributed by atoms with Gasteiger partial charge in [-0.05, 0) is 31.9 Å². The Bertz CT molecular complexity index is 480. The first-order chi connectivity index (χ1) is 8.31. The maximum Gasteiger partial charge on any atom is 0.125 e. The van der Waals surface area contributed by atoms with Crippen molar-refractivity contribution in [3.05, 3.63) is 47.9 Å². The average Bonchev–Trinajstić information content (AvgIpc) is 2.38. The normalized spacial score (nSPS) is 10.5. The summed E-state index contributed by atoms with van der Waals surface area (Å²) in [6, 6.07) is 10.2. The fourth-order valence-electron chi connectivity index (χ4n) is 1.82. The largest absolute Gasteiger partial charge is 0.330 e. The van der Waals surface area contributed by atoms with Crippen molar-refractivity contribution in [3.63, 3.8) is 0 Å². The smallest absolute Gasteiger partial charge is 0.125 e. The van der Waals surface area contributed by atoms with Crippen LogP contribution in [0.2, 0.25) is 0 Å². The van der Waals surface area contributed by atoms with E-state index in [4.69, 9.17) is 5.73 Å². The van der Waals surface area contributed by atoms with E-state index in [9.17, 15) is 0 Å². The number of nitrogens with zero attached hydrogens (tertiary/aromatic N) is 2. The molecule has 0 aliphatic rings. The number of aryl methyl sites for hydroxylation is 2. The minimum absolute atomic E-state index is 0.697. The molecular formula is C14H17N3. The van der Waals surface area contributed by atoms with E-state index in [1.165, 1.54) is 5.56 Å². The van der Waals surface area contributed by atoms with Crippen LogP contribution >= 0.6 is 0 Å². The molecule has 0 bridgehead atoms. The summed E-state index contributed by atoms with van der Waals surface area (Å²) in [7, 11) is 0. The third-order valence-electron chi connectivity index (χ3n) is 2.68. The Kier molecular flexibility index (Phi) is 3.83. The number of hydrogen-bond acceptors (Lipinski definition) is 3. The predicted molar refractivity (Wildman–Crippen MR) is 69.6 cm³/mol. The summed E-state index contributed by atoms with van der Waals surface area (Å²) in [6.45, 7) is 2.61. The summed E-state index contributed by atoms with van der Waals surface area (Å²) >= 11 is 0. The lowest BCUT2D eigenvalue weighted by atomic mass is 10.0. The first kappa shape index (κ1) is 11.7. The van der Waals surface area contributed by atoms with Gasteiger partial charge in [-0.3, -0.25) is 0 Å². The van der Waals surface area contributed by atoms with E-state index in [0.29, 0.717) is 6.54 Å². The van der Waals surface area contributed by atoms with E-state index in [0.717, 1.165) is 29.9 Å². The molecule has 88 valence electrons. The molecule has 2 aromatic rings. The van der Waals surface area contributed by atoms with Gasteiger partial charge in [0.15, 0.2) is 0 Å². The van der Waals surface area contributed by atoms with Gasteiger partial charge in [-0.2, -0.15) is 0 Å². The Morgan fingerprint density at radius 2 is 1.94 bits per heavy atom. The van der Waals surface area contributed by atoms with E-state index in [-0.39, 0.29) is 0 Å². The highest BCUT2D eigenvalue weighted by molar-refractivity contribution is 5.62. The number of aromatic nitrogens is 2. The van der Waals surface area contributed by atoms with Gasteiger partial charge in [-0.15, -0.1) is 0 Å². The van der Waals surface area contributed by atoms with Gasteiger partial charge < -0.3 is 5.73 Å². The van der Waals surface area contributed by atoms with Crippen molar-refractivity contribution >= 4 is 0 Å². The molecule has 0 spiro atoms. The molecular weight excluding hydrogens is 210 g/mol. The minimum atomic E-state index is 0.697. The highest BCUT2D eigenvalue weighted by Gasteiger charge is 2.07. The van der Waals surface area contributed by atoms with Gasteiger partial charge in [0.2, 0.25) is 0 Å².